The maximum Gasteiger partial charge on any atom is 0.472 e. The lowest BCUT2D eigenvalue weighted by Crippen LogP contribution is -2.30. The van der Waals surface area contributed by atoms with E-state index < -0.39 is 97.5 Å². The summed E-state index contributed by atoms with van der Waals surface area (Å²) in [7, 11) is -9.95. The van der Waals surface area contributed by atoms with Crippen molar-refractivity contribution in [1.82, 2.24) is 0 Å². The predicted octanol–water partition coefficient (Wildman–Crippen LogP) is 23.8. The lowest BCUT2D eigenvalue weighted by molar-refractivity contribution is -0.161. The lowest BCUT2D eigenvalue weighted by atomic mass is 10.0. The van der Waals surface area contributed by atoms with Crippen LogP contribution in [0, 0.1) is 0 Å². The number of aliphatic hydroxyl groups is 1. The summed E-state index contributed by atoms with van der Waals surface area (Å²) in [4.78, 5) is 73.1. The zero-order valence-electron chi connectivity index (χ0n) is 64.8. The Hall–Kier alpha value is -3.76. The first-order valence-electron chi connectivity index (χ1n) is 40.8. The SMILES string of the molecule is CC/C=C\C/C=C\C/C=C\CCCCCCCCCC(=O)OCC(COP(=O)(O)OCC(O)COP(=O)(O)OCC(COC(=O)CCCCCCCCCCCCCCCCC)OC(=O)CCCCCCC/C=C\CCCCCC)OC(=O)CCCCCCCCC/C=C\C/C=C\C/C=C\CC. The molecule has 17 nitrogen and oxygen atoms in total. The fourth-order valence-electron chi connectivity index (χ4n) is 11.2. The smallest absolute Gasteiger partial charge is 0.462 e. The highest BCUT2D eigenvalue weighted by Crippen LogP contribution is 2.45. The number of ether oxygens (including phenoxy) is 4. The molecule has 0 amide bonds. The highest BCUT2D eigenvalue weighted by Gasteiger charge is 2.30. The average molecular weight is 1480 g/mol. The van der Waals surface area contributed by atoms with E-state index in [1.807, 2.05) is 0 Å². The van der Waals surface area contributed by atoms with Crippen LogP contribution >= 0.6 is 15.6 Å². The van der Waals surface area contributed by atoms with Gasteiger partial charge in [0.05, 0.1) is 26.4 Å². The minimum absolute atomic E-state index is 0.0825. The number of carbonyl (C=O) groups is 4. The molecule has 5 unspecified atom stereocenters. The Balaban J connectivity index is 5.34. The number of phosphoric ester groups is 2. The molecule has 0 spiro atoms. The summed E-state index contributed by atoms with van der Waals surface area (Å²) in [6.07, 6.45) is 78.3. The fraction of sp³-hybridized carbons (Fsp3) is 0.783. The number of aliphatic hydroxyl groups excluding tert-OH is 1. The van der Waals surface area contributed by atoms with Crippen LogP contribution in [0.5, 0.6) is 0 Å². The van der Waals surface area contributed by atoms with Crippen LogP contribution in [0.4, 0.5) is 0 Å². The molecule has 3 N–H and O–H groups in total. The summed E-state index contributed by atoms with van der Waals surface area (Å²) in [6, 6.07) is 0. The molecule has 0 bridgehead atoms. The lowest BCUT2D eigenvalue weighted by Gasteiger charge is -2.21. The number of unbranched alkanes of at least 4 members (excludes halogenated alkanes) is 37. The van der Waals surface area contributed by atoms with Crippen molar-refractivity contribution in [3.8, 4) is 0 Å². The first-order chi connectivity index (χ1) is 49.7. The van der Waals surface area contributed by atoms with E-state index in [4.69, 9.17) is 37.0 Å². The average Bonchev–Trinajstić information content (AvgIpc) is 0.959. The molecule has 19 heteroatoms. The molecule has 0 aliphatic rings. The molecular weight excluding hydrogens is 1330 g/mol. The molecule has 5 atom stereocenters. The van der Waals surface area contributed by atoms with Gasteiger partial charge in [-0.1, -0.05) is 305 Å². The quantitative estimate of drug-likeness (QED) is 0.0169. The minimum Gasteiger partial charge on any atom is -0.462 e. The summed E-state index contributed by atoms with van der Waals surface area (Å²) >= 11 is 0. The van der Waals surface area contributed by atoms with Crippen molar-refractivity contribution in [2.24, 2.45) is 0 Å². The third kappa shape index (κ3) is 74.5. The van der Waals surface area contributed by atoms with E-state index in [0.29, 0.717) is 25.7 Å². The second kappa shape index (κ2) is 75.5. The predicted molar refractivity (Wildman–Crippen MR) is 418 cm³/mol. The summed E-state index contributed by atoms with van der Waals surface area (Å²) in [5.41, 5.74) is 0. The molecule has 0 aliphatic heterocycles. The van der Waals surface area contributed by atoms with Crippen molar-refractivity contribution >= 4 is 39.5 Å². The molecule has 0 saturated heterocycles. The maximum atomic E-state index is 13.1. The molecular formula is C83H148O17P2. The second-order valence-corrected chi connectivity index (χ2v) is 30.2. The molecule has 102 heavy (non-hydrogen) atoms. The number of phosphoric acid groups is 2. The van der Waals surface area contributed by atoms with Gasteiger partial charge in [0.2, 0.25) is 0 Å². The van der Waals surface area contributed by atoms with Crippen LogP contribution in [0.25, 0.3) is 0 Å². The topological polar surface area (TPSA) is 237 Å². The van der Waals surface area contributed by atoms with Crippen molar-refractivity contribution in [2.45, 2.75) is 380 Å². The number of rotatable bonds is 77. The molecule has 0 rings (SSSR count). The van der Waals surface area contributed by atoms with Crippen LogP contribution in [0.2, 0.25) is 0 Å². The molecule has 0 heterocycles. The van der Waals surface area contributed by atoms with Crippen molar-refractivity contribution in [2.75, 3.05) is 39.6 Å². The Morgan fingerprint density at radius 3 is 0.804 bits per heavy atom. The van der Waals surface area contributed by atoms with E-state index in [-0.39, 0.29) is 25.7 Å². The number of allylic oxidation sites excluding steroid dienone is 14. The van der Waals surface area contributed by atoms with Crippen LogP contribution in [-0.2, 0) is 65.4 Å². The molecule has 0 radical (unpaired) electrons. The van der Waals surface area contributed by atoms with E-state index >= 15 is 0 Å². The molecule has 592 valence electrons. The molecule has 0 fully saturated rings. The van der Waals surface area contributed by atoms with Crippen LogP contribution in [0.3, 0.4) is 0 Å². The monoisotopic (exact) mass is 1480 g/mol. The largest absolute Gasteiger partial charge is 0.472 e. The zero-order chi connectivity index (χ0) is 74.6. The van der Waals surface area contributed by atoms with E-state index in [1.54, 1.807) is 0 Å². The summed E-state index contributed by atoms with van der Waals surface area (Å²) in [5.74, 6) is -2.18. The summed E-state index contributed by atoms with van der Waals surface area (Å²) < 4.78 is 68.7. The minimum atomic E-state index is -4.98. The highest BCUT2D eigenvalue weighted by atomic mass is 31.2. The van der Waals surface area contributed by atoms with Gasteiger partial charge in [-0.2, -0.15) is 0 Å². The first-order valence-corrected chi connectivity index (χ1v) is 43.8. The van der Waals surface area contributed by atoms with Crippen molar-refractivity contribution in [1.29, 1.82) is 0 Å². The van der Waals surface area contributed by atoms with E-state index in [2.05, 4.69) is 113 Å². The Bertz CT molecular complexity index is 2260. The van der Waals surface area contributed by atoms with Gasteiger partial charge < -0.3 is 33.8 Å². The maximum absolute atomic E-state index is 13.1. The number of carbonyl (C=O) groups excluding carboxylic acids is 4. The van der Waals surface area contributed by atoms with Crippen LogP contribution in [0.1, 0.15) is 362 Å². The van der Waals surface area contributed by atoms with Gasteiger partial charge in [-0.05, 0) is 116 Å². The van der Waals surface area contributed by atoms with E-state index in [1.165, 1.54) is 96.3 Å². The second-order valence-electron chi connectivity index (χ2n) is 27.3. The van der Waals surface area contributed by atoms with Crippen molar-refractivity contribution in [3.05, 3.63) is 85.1 Å². The Morgan fingerprint density at radius 2 is 0.510 bits per heavy atom. The molecule has 0 aromatic carbocycles. The van der Waals surface area contributed by atoms with Gasteiger partial charge in [0.15, 0.2) is 12.2 Å². The molecule has 0 aromatic heterocycles. The van der Waals surface area contributed by atoms with Crippen LogP contribution < -0.4 is 0 Å². The van der Waals surface area contributed by atoms with Gasteiger partial charge >= 0.3 is 39.5 Å². The normalized spacial score (nSPS) is 14.3. The number of esters is 4. The van der Waals surface area contributed by atoms with E-state index in [0.717, 1.165) is 186 Å². The molecule has 0 saturated carbocycles. The third-order valence-electron chi connectivity index (χ3n) is 17.4. The Labute approximate surface area is 621 Å². The van der Waals surface area contributed by atoms with Crippen molar-refractivity contribution < 1.29 is 80.2 Å². The zero-order valence-corrected chi connectivity index (χ0v) is 66.6. The van der Waals surface area contributed by atoms with Gasteiger partial charge in [-0.3, -0.25) is 37.3 Å². The first kappa shape index (κ1) is 98.2. The summed E-state index contributed by atoms with van der Waals surface area (Å²) in [5, 5.41) is 10.6. The van der Waals surface area contributed by atoms with Gasteiger partial charge in [0.1, 0.15) is 19.3 Å². The Kier molecular flexibility index (Phi) is 72.7. The number of hydrogen-bond donors (Lipinski definition) is 3. The Morgan fingerprint density at radius 1 is 0.284 bits per heavy atom. The van der Waals surface area contributed by atoms with Gasteiger partial charge in [0.25, 0.3) is 0 Å². The van der Waals surface area contributed by atoms with Gasteiger partial charge in [0, 0.05) is 25.7 Å². The highest BCUT2D eigenvalue weighted by molar-refractivity contribution is 7.47. The summed E-state index contributed by atoms with van der Waals surface area (Å²) in [6.45, 7) is 4.68. The molecule has 0 aromatic rings. The fourth-order valence-corrected chi connectivity index (χ4v) is 12.8. The van der Waals surface area contributed by atoms with Crippen molar-refractivity contribution in [3.63, 3.8) is 0 Å². The standard InChI is InChI=1S/C83H148O17P2/c1-5-9-13-17-21-25-29-33-36-38-41-45-48-52-56-60-64-68-81(86)94-74-79(100-83(88)70-66-62-58-54-50-46-42-39-37-34-30-26-22-18-14-10-6-2)76-98-102(91,92)96-72-77(84)71-95-101(89,90)97-75-78(99-82(87)69-65-61-57-53-49-43-32-28-24-20-16-12-8-4)73-93-80(85)67-63-59-55-51-47-44-40-35-31-27-23-19-15-11-7-3/h9-10,13-14,21-22,25-26,28,32-34,36-37,77-79,84H,5-8,11-12,15-20,23-24,27,29-31,35,38-76H2,1-4H3,(H,89,90)(H,91,92)/b13-9-,14-10-,25-21-,26-22-,32-28-,36-33-,37-34-. The molecule has 0 aliphatic carbocycles. The van der Waals surface area contributed by atoms with Gasteiger partial charge in [-0.15, -0.1) is 0 Å². The van der Waals surface area contributed by atoms with Crippen LogP contribution in [0.15, 0.2) is 85.1 Å². The van der Waals surface area contributed by atoms with Crippen LogP contribution in [-0.4, -0.2) is 96.7 Å². The van der Waals surface area contributed by atoms with Gasteiger partial charge in [-0.25, -0.2) is 9.13 Å². The number of hydrogen-bond acceptors (Lipinski definition) is 15. The van der Waals surface area contributed by atoms with E-state index in [9.17, 15) is 43.2 Å². The third-order valence-corrected chi connectivity index (χ3v) is 19.3.